The molecule has 6 rings (SSSR count). The van der Waals surface area contributed by atoms with E-state index in [0.29, 0.717) is 58.0 Å². The van der Waals surface area contributed by atoms with Crippen molar-refractivity contribution in [2.45, 2.75) is 52.8 Å². The van der Waals surface area contributed by atoms with Crippen LogP contribution in [0.2, 0.25) is 0 Å². The summed E-state index contributed by atoms with van der Waals surface area (Å²) in [6.45, 7) is 15.1. The Morgan fingerprint density at radius 2 is 1.34 bits per heavy atom. The van der Waals surface area contributed by atoms with Crippen molar-refractivity contribution in [3.8, 4) is 46.0 Å². The number of para-hydroxylation sites is 1. The first-order valence-electron chi connectivity index (χ1n) is 19.5. The zero-order chi connectivity index (χ0) is 45.5. The second kappa shape index (κ2) is 26.4. The average Bonchev–Trinajstić information content (AvgIpc) is 3.80. The van der Waals surface area contributed by atoms with E-state index in [1.807, 2.05) is 56.3 Å². The lowest BCUT2D eigenvalue weighted by molar-refractivity contribution is 0.0851. The number of phenols is 1. The number of nitrogens with zero attached hydrogens (tertiary/aromatic N) is 1. The van der Waals surface area contributed by atoms with Gasteiger partial charge in [0.25, 0.3) is 5.91 Å². The second-order valence-electron chi connectivity index (χ2n) is 12.4. The molecule has 2 heterocycles. The molecule has 4 N–H and O–H groups in total. The summed E-state index contributed by atoms with van der Waals surface area (Å²) in [7, 11) is 12.5. The fraction of sp³-hybridized carbons (Fsp3) is 0.348. The number of rotatable bonds is 13. The van der Waals surface area contributed by atoms with E-state index < -0.39 is 0 Å². The molecule has 0 spiro atoms. The molecule has 2 unspecified atom stereocenters. The van der Waals surface area contributed by atoms with E-state index in [-0.39, 0.29) is 23.9 Å². The Kier molecular flexibility index (Phi) is 21.8. The third-order valence-electron chi connectivity index (χ3n) is 8.50. The van der Waals surface area contributed by atoms with E-state index in [9.17, 15) is 9.90 Å². The van der Waals surface area contributed by atoms with E-state index in [4.69, 9.17) is 38.1 Å². The van der Waals surface area contributed by atoms with Gasteiger partial charge in [-0.25, -0.2) is 0 Å². The average molecular weight is 847 g/mol. The normalized spacial score (nSPS) is 14.0. The first-order valence-corrected chi connectivity index (χ1v) is 19.5. The maximum Gasteiger partial charge on any atom is 0.255 e. The summed E-state index contributed by atoms with van der Waals surface area (Å²) in [5.41, 5.74) is 7.27. The highest BCUT2D eigenvalue weighted by Gasteiger charge is 2.29. The molecule has 0 radical (unpaired) electrons. The van der Waals surface area contributed by atoms with Crippen molar-refractivity contribution in [3.63, 3.8) is 0 Å². The molecule has 2 aliphatic heterocycles. The number of aromatic hydroxyl groups is 1. The summed E-state index contributed by atoms with van der Waals surface area (Å²) < 4.78 is 36.8. The molecule has 0 fully saturated rings. The largest absolute Gasteiger partial charge is 0.504 e. The number of benzene rings is 4. The van der Waals surface area contributed by atoms with Gasteiger partial charge in [0.05, 0.1) is 61.0 Å². The number of oxime groups is 1. The van der Waals surface area contributed by atoms with Crippen molar-refractivity contribution in [3.05, 3.63) is 114 Å². The van der Waals surface area contributed by atoms with Gasteiger partial charge < -0.3 is 58.6 Å². The number of phenolic OH excluding ortho intramolecular Hbond substituents is 1. The van der Waals surface area contributed by atoms with Gasteiger partial charge in [-0.2, -0.15) is 5.48 Å². The minimum atomic E-state index is -0.355. The number of fused-ring (bicyclic) bond motifs is 1. The van der Waals surface area contributed by atoms with Crippen LogP contribution in [-0.2, 0) is 9.57 Å². The van der Waals surface area contributed by atoms with Crippen LogP contribution in [0.15, 0.2) is 96.9 Å². The number of nitrogens with one attached hydrogen (secondary N) is 3. The topological polar surface area (TPSA) is 169 Å². The van der Waals surface area contributed by atoms with Gasteiger partial charge in [-0.3, -0.25) is 4.79 Å². The van der Waals surface area contributed by atoms with Gasteiger partial charge in [0.15, 0.2) is 40.6 Å². The summed E-state index contributed by atoms with van der Waals surface area (Å²) >= 11 is 0. The Labute approximate surface area is 360 Å². The van der Waals surface area contributed by atoms with E-state index in [0.717, 1.165) is 28.1 Å². The van der Waals surface area contributed by atoms with Crippen molar-refractivity contribution in [2.75, 3.05) is 62.1 Å². The van der Waals surface area contributed by atoms with Gasteiger partial charge in [0, 0.05) is 30.3 Å². The fourth-order valence-corrected chi connectivity index (χ4v) is 5.59. The molecule has 0 saturated carbocycles. The molecule has 15 nitrogen and oxygen atoms in total. The van der Waals surface area contributed by atoms with Crippen molar-refractivity contribution in [1.82, 2.24) is 10.8 Å². The highest BCUT2D eigenvalue weighted by Crippen LogP contribution is 2.44. The Morgan fingerprint density at radius 1 is 0.803 bits per heavy atom. The molecule has 2 aliphatic rings. The predicted octanol–water partition coefficient (Wildman–Crippen LogP) is 9.14. The molecule has 4 aromatic rings. The van der Waals surface area contributed by atoms with Gasteiger partial charge in [0.1, 0.15) is 11.9 Å². The lowest BCUT2D eigenvalue weighted by atomic mass is 9.99. The van der Waals surface area contributed by atoms with Crippen LogP contribution in [0.5, 0.6) is 46.0 Å². The fourth-order valence-electron chi connectivity index (χ4n) is 5.59. The van der Waals surface area contributed by atoms with Crippen LogP contribution in [0, 0.1) is 0 Å². The van der Waals surface area contributed by atoms with Crippen molar-refractivity contribution < 1.29 is 52.7 Å². The van der Waals surface area contributed by atoms with Crippen LogP contribution in [0.3, 0.4) is 0 Å². The Hall–Kier alpha value is -6.74. The van der Waals surface area contributed by atoms with Gasteiger partial charge in [-0.1, -0.05) is 70.6 Å². The first-order chi connectivity index (χ1) is 29.5. The van der Waals surface area contributed by atoms with Gasteiger partial charge in [-0.05, 0) is 60.2 Å². The number of allylic oxidation sites excluding steroid dienone is 1. The predicted molar refractivity (Wildman–Crippen MR) is 239 cm³/mol. The molecule has 15 heteroatoms. The third kappa shape index (κ3) is 13.6. The summed E-state index contributed by atoms with van der Waals surface area (Å²) in [6, 6.07) is 19.7. The second-order valence-corrected chi connectivity index (χ2v) is 12.4. The number of methoxy groups -OCH3 is 7. The molecule has 1 amide bonds. The van der Waals surface area contributed by atoms with Crippen molar-refractivity contribution in [2.24, 2.45) is 5.16 Å². The lowest BCUT2D eigenvalue weighted by Crippen LogP contribution is -2.38. The summed E-state index contributed by atoms with van der Waals surface area (Å²) in [5.74, 6) is 4.03. The molecule has 4 aromatic carbocycles. The Morgan fingerprint density at radius 3 is 1.84 bits per heavy atom. The SMILES string of the molecule is C=CC(=C)OC.CC.CCC.CNOc1c(OC)cc(C2CC(c3cc(OC)c(OC)c(OC)c3)=NO2)cc1OC.COc1cc(C2NC(=O)c3ccccc3N2)ccc1O. The maximum atomic E-state index is 12.1. The number of hydrogen-bond acceptors (Lipinski definition) is 14. The summed E-state index contributed by atoms with van der Waals surface area (Å²) in [6.07, 6.45) is 2.68. The van der Waals surface area contributed by atoms with Crippen LogP contribution in [0.4, 0.5) is 5.69 Å². The Balaban J connectivity index is 0.000000354. The molecule has 0 aliphatic carbocycles. The molecule has 0 bridgehead atoms. The molecule has 61 heavy (non-hydrogen) atoms. The lowest BCUT2D eigenvalue weighted by Gasteiger charge is -2.28. The van der Waals surface area contributed by atoms with Crippen LogP contribution < -0.4 is 49.4 Å². The Bertz CT molecular complexity index is 2000. The number of hydrogen-bond donors (Lipinski definition) is 4. The molecule has 332 valence electrons. The monoisotopic (exact) mass is 846 g/mol. The van der Waals surface area contributed by atoms with E-state index >= 15 is 0 Å². The number of anilines is 1. The van der Waals surface area contributed by atoms with Gasteiger partial charge in [0.2, 0.25) is 11.5 Å². The molecule has 2 atom stereocenters. The molecule has 0 aromatic heterocycles. The minimum absolute atomic E-state index is 0.0683. The third-order valence-corrected chi connectivity index (χ3v) is 8.50. The minimum Gasteiger partial charge on any atom is -0.504 e. The van der Waals surface area contributed by atoms with Gasteiger partial charge in [-0.15, -0.1) is 0 Å². The zero-order valence-electron chi connectivity index (χ0n) is 37.4. The van der Waals surface area contributed by atoms with Crippen LogP contribution in [0.25, 0.3) is 0 Å². The zero-order valence-corrected chi connectivity index (χ0v) is 37.4. The quantitative estimate of drug-likeness (QED) is 0.0572. The molecular formula is C46H62N4O11. The van der Waals surface area contributed by atoms with Crippen LogP contribution >= 0.6 is 0 Å². The first kappa shape index (κ1) is 50.4. The smallest absolute Gasteiger partial charge is 0.255 e. The van der Waals surface area contributed by atoms with Crippen LogP contribution in [-0.4, -0.2) is 73.5 Å². The van der Waals surface area contributed by atoms with E-state index in [2.05, 4.69) is 53.0 Å². The number of carbonyl (C=O) groups is 1. The number of amides is 1. The number of ether oxygens (including phenoxy) is 7. The van der Waals surface area contributed by atoms with Gasteiger partial charge >= 0.3 is 0 Å². The van der Waals surface area contributed by atoms with E-state index in [1.165, 1.54) is 13.5 Å². The number of carbonyl (C=O) groups excluding carboxylic acids is 1. The number of hydroxylamine groups is 1. The molecular weight excluding hydrogens is 785 g/mol. The maximum absolute atomic E-state index is 12.1. The van der Waals surface area contributed by atoms with Crippen molar-refractivity contribution >= 4 is 17.3 Å². The summed E-state index contributed by atoms with van der Waals surface area (Å²) in [5, 5.41) is 20.0. The van der Waals surface area contributed by atoms with Crippen molar-refractivity contribution in [1.29, 1.82) is 0 Å². The highest BCUT2D eigenvalue weighted by atomic mass is 16.7. The molecule has 0 saturated heterocycles. The highest BCUT2D eigenvalue weighted by molar-refractivity contribution is 6.02. The standard InChI is InChI=1S/C21H26N2O7.C15H14N2O3.C5H8O.C3H8.C2H6/c1-22-30-21-18(26-4)9-13(10-19(21)27-5)15-11-14(23-29-15)12-7-16(24-2)20(28-6)17(8-12)25-3;1-20-13-8-9(6-7-12(13)18)14-16-11-5-3-2-4-10(11)15(19)17-14;1-4-5(2)6-3;1-3-2;1-2/h7-10,15,22H,11H2,1-6H3;2-8,14,16,18H,1H3,(H,17,19);4H,1-2H2,3H3;3H2,1-2H3;1-2H3. The van der Waals surface area contributed by atoms with E-state index in [1.54, 1.807) is 80.0 Å². The van der Waals surface area contributed by atoms with Crippen LogP contribution in [0.1, 0.15) is 79.9 Å². The summed E-state index contributed by atoms with van der Waals surface area (Å²) in [4.78, 5) is 23.2.